The third kappa shape index (κ3) is 2.12. The number of rotatable bonds is 2. The zero-order chi connectivity index (χ0) is 8.32. The Balaban J connectivity index is 2.52. The van der Waals surface area contributed by atoms with Crippen molar-refractivity contribution in [1.29, 1.82) is 0 Å². The average Bonchev–Trinajstić information content (AvgIpc) is 2.36. The standard InChI is InChI=1S/C8H15NOS/c1-3-8(9-7(2)10)4-5-11-6-8/h3-6H2,1-2H3,(H,9,10). The van der Waals surface area contributed by atoms with E-state index in [9.17, 15) is 4.79 Å². The second-order valence-electron chi connectivity index (χ2n) is 3.12. The third-order valence-corrected chi connectivity index (χ3v) is 3.47. The monoisotopic (exact) mass is 173 g/mol. The van der Waals surface area contributed by atoms with Gasteiger partial charge < -0.3 is 5.32 Å². The zero-order valence-electron chi connectivity index (χ0n) is 7.14. The highest BCUT2D eigenvalue weighted by Crippen LogP contribution is 2.30. The van der Waals surface area contributed by atoms with Gasteiger partial charge in [0.15, 0.2) is 0 Å². The molecular weight excluding hydrogens is 158 g/mol. The molecule has 1 aliphatic heterocycles. The van der Waals surface area contributed by atoms with Crippen LogP contribution in [0.2, 0.25) is 0 Å². The van der Waals surface area contributed by atoms with Crippen LogP contribution in [-0.2, 0) is 4.79 Å². The Morgan fingerprint density at radius 2 is 2.45 bits per heavy atom. The lowest BCUT2D eigenvalue weighted by Crippen LogP contribution is -2.47. The van der Waals surface area contributed by atoms with Crippen molar-refractivity contribution in [2.45, 2.75) is 32.2 Å². The Morgan fingerprint density at radius 1 is 1.73 bits per heavy atom. The summed E-state index contributed by atoms with van der Waals surface area (Å²) < 4.78 is 0. The van der Waals surface area contributed by atoms with Crippen LogP contribution in [0.5, 0.6) is 0 Å². The number of hydrogen-bond donors (Lipinski definition) is 1. The van der Waals surface area contributed by atoms with Gasteiger partial charge in [0.2, 0.25) is 5.91 Å². The molecule has 1 rings (SSSR count). The fourth-order valence-electron chi connectivity index (χ4n) is 1.45. The van der Waals surface area contributed by atoms with Crippen LogP contribution in [0.1, 0.15) is 26.7 Å². The molecule has 11 heavy (non-hydrogen) atoms. The Hall–Kier alpha value is -0.180. The quantitative estimate of drug-likeness (QED) is 0.684. The molecule has 0 radical (unpaired) electrons. The van der Waals surface area contributed by atoms with Crippen LogP contribution in [0.3, 0.4) is 0 Å². The molecule has 1 saturated heterocycles. The molecule has 3 heteroatoms. The Morgan fingerprint density at radius 3 is 2.82 bits per heavy atom. The highest BCUT2D eigenvalue weighted by Gasteiger charge is 2.32. The fraction of sp³-hybridized carbons (Fsp3) is 0.875. The normalized spacial score (nSPS) is 30.4. The Kier molecular flexibility index (Phi) is 2.82. The third-order valence-electron chi connectivity index (χ3n) is 2.22. The van der Waals surface area contributed by atoms with Crippen LogP contribution in [0.25, 0.3) is 0 Å². The van der Waals surface area contributed by atoms with Gasteiger partial charge in [0.05, 0.1) is 0 Å². The van der Waals surface area contributed by atoms with Crippen LogP contribution in [0.4, 0.5) is 0 Å². The van der Waals surface area contributed by atoms with Gasteiger partial charge in [-0.1, -0.05) is 6.92 Å². The zero-order valence-corrected chi connectivity index (χ0v) is 7.96. The fourth-order valence-corrected chi connectivity index (χ4v) is 2.94. The summed E-state index contributed by atoms with van der Waals surface area (Å²) in [6, 6.07) is 0. The van der Waals surface area contributed by atoms with Crippen LogP contribution in [0.15, 0.2) is 0 Å². The first-order chi connectivity index (χ1) is 5.18. The molecule has 0 spiro atoms. The lowest BCUT2D eigenvalue weighted by molar-refractivity contribution is -0.120. The first-order valence-electron chi connectivity index (χ1n) is 4.05. The van der Waals surface area contributed by atoms with Gasteiger partial charge in [-0.15, -0.1) is 0 Å². The lowest BCUT2D eigenvalue weighted by Gasteiger charge is -2.27. The van der Waals surface area contributed by atoms with Crippen molar-refractivity contribution in [1.82, 2.24) is 5.32 Å². The largest absolute Gasteiger partial charge is 0.350 e. The molecule has 1 unspecified atom stereocenters. The molecular formula is C8H15NOS. The SMILES string of the molecule is CCC1(NC(C)=O)CCSC1. The van der Waals surface area contributed by atoms with E-state index < -0.39 is 0 Å². The molecule has 0 bridgehead atoms. The van der Waals surface area contributed by atoms with Crippen molar-refractivity contribution in [3.05, 3.63) is 0 Å². The molecule has 0 aromatic carbocycles. The van der Waals surface area contributed by atoms with Crippen molar-refractivity contribution < 1.29 is 4.79 Å². The van der Waals surface area contributed by atoms with Crippen LogP contribution < -0.4 is 5.32 Å². The van der Waals surface area contributed by atoms with E-state index in [0.29, 0.717) is 0 Å². The summed E-state index contributed by atoms with van der Waals surface area (Å²) in [5.41, 5.74) is 0.122. The summed E-state index contributed by atoms with van der Waals surface area (Å²) in [6.45, 7) is 3.74. The molecule has 1 amide bonds. The summed E-state index contributed by atoms with van der Waals surface area (Å²) in [5.74, 6) is 2.38. The molecule has 1 N–H and O–H groups in total. The molecule has 0 saturated carbocycles. The molecule has 1 heterocycles. The summed E-state index contributed by atoms with van der Waals surface area (Å²) >= 11 is 1.93. The van der Waals surface area contributed by atoms with Crippen LogP contribution in [-0.4, -0.2) is 23.0 Å². The Bertz CT molecular complexity index is 152. The van der Waals surface area contributed by atoms with Gasteiger partial charge in [-0.3, -0.25) is 4.79 Å². The minimum absolute atomic E-state index is 0.106. The van der Waals surface area contributed by atoms with E-state index in [4.69, 9.17) is 0 Å². The number of nitrogens with one attached hydrogen (secondary N) is 1. The van der Waals surface area contributed by atoms with Gasteiger partial charge in [0, 0.05) is 18.2 Å². The van der Waals surface area contributed by atoms with E-state index in [2.05, 4.69) is 12.2 Å². The summed E-state index contributed by atoms with van der Waals surface area (Å²) in [7, 11) is 0. The van der Waals surface area contributed by atoms with E-state index in [1.807, 2.05) is 11.8 Å². The van der Waals surface area contributed by atoms with Crippen molar-refractivity contribution in [3.63, 3.8) is 0 Å². The highest BCUT2D eigenvalue weighted by molar-refractivity contribution is 7.99. The minimum Gasteiger partial charge on any atom is -0.350 e. The first-order valence-corrected chi connectivity index (χ1v) is 5.20. The van der Waals surface area contributed by atoms with E-state index in [0.717, 1.165) is 18.6 Å². The van der Waals surface area contributed by atoms with Crippen molar-refractivity contribution in [2.24, 2.45) is 0 Å². The molecule has 0 aromatic heterocycles. The minimum atomic E-state index is 0.106. The number of thioether (sulfide) groups is 1. The van der Waals surface area contributed by atoms with E-state index in [-0.39, 0.29) is 11.4 Å². The maximum atomic E-state index is 10.8. The molecule has 1 aliphatic rings. The van der Waals surface area contributed by atoms with Crippen LogP contribution >= 0.6 is 11.8 Å². The summed E-state index contributed by atoms with van der Waals surface area (Å²) in [5, 5.41) is 3.05. The predicted octanol–water partition coefficient (Wildman–Crippen LogP) is 1.41. The topological polar surface area (TPSA) is 29.1 Å². The van der Waals surface area contributed by atoms with E-state index >= 15 is 0 Å². The molecule has 0 aliphatic carbocycles. The van der Waals surface area contributed by atoms with Crippen molar-refractivity contribution in [2.75, 3.05) is 11.5 Å². The smallest absolute Gasteiger partial charge is 0.217 e. The summed E-state index contributed by atoms with van der Waals surface area (Å²) in [6.07, 6.45) is 2.19. The molecule has 64 valence electrons. The van der Waals surface area contributed by atoms with E-state index in [1.165, 1.54) is 5.75 Å². The van der Waals surface area contributed by atoms with Gasteiger partial charge in [0.1, 0.15) is 0 Å². The first kappa shape index (κ1) is 8.91. The highest BCUT2D eigenvalue weighted by atomic mass is 32.2. The maximum Gasteiger partial charge on any atom is 0.217 e. The van der Waals surface area contributed by atoms with Gasteiger partial charge in [-0.25, -0.2) is 0 Å². The van der Waals surface area contributed by atoms with Gasteiger partial charge in [0.25, 0.3) is 0 Å². The average molecular weight is 173 g/mol. The van der Waals surface area contributed by atoms with Gasteiger partial charge >= 0.3 is 0 Å². The number of hydrogen-bond acceptors (Lipinski definition) is 2. The van der Waals surface area contributed by atoms with E-state index in [1.54, 1.807) is 6.92 Å². The number of amides is 1. The molecule has 2 nitrogen and oxygen atoms in total. The second-order valence-corrected chi connectivity index (χ2v) is 4.22. The lowest BCUT2D eigenvalue weighted by atomic mass is 9.96. The van der Waals surface area contributed by atoms with Crippen LogP contribution in [0, 0.1) is 0 Å². The molecule has 1 atom stereocenters. The van der Waals surface area contributed by atoms with Crippen molar-refractivity contribution >= 4 is 17.7 Å². The van der Waals surface area contributed by atoms with Gasteiger partial charge in [-0.05, 0) is 18.6 Å². The maximum absolute atomic E-state index is 10.8. The predicted molar refractivity (Wildman–Crippen MR) is 48.8 cm³/mol. The Labute approximate surface area is 72.1 Å². The second kappa shape index (κ2) is 3.48. The number of carbonyl (C=O) groups is 1. The molecule has 0 aromatic rings. The number of carbonyl (C=O) groups excluding carboxylic acids is 1. The molecule has 1 fully saturated rings. The van der Waals surface area contributed by atoms with Gasteiger partial charge in [-0.2, -0.15) is 11.8 Å². The summed E-state index contributed by atoms with van der Waals surface area (Å²) in [4.78, 5) is 10.8. The van der Waals surface area contributed by atoms with Crippen molar-refractivity contribution in [3.8, 4) is 0 Å².